The van der Waals surface area contributed by atoms with Gasteiger partial charge in [-0.2, -0.15) is 13.2 Å². The standard InChI is InChI=1S/C6H3Cl3F3N3/c7-1-3(15-13)2(8)5(9)14-4(1)6(10,11)12/h13H2,(H,14,15). The van der Waals surface area contributed by atoms with Gasteiger partial charge in [-0.3, -0.25) is 5.84 Å². The van der Waals surface area contributed by atoms with E-state index in [-0.39, 0.29) is 10.7 Å². The van der Waals surface area contributed by atoms with Crippen molar-refractivity contribution < 1.29 is 13.2 Å². The lowest BCUT2D eigenvalue weighted by atomic mass is 10.3. The van der Waals surface area contributed by atoms with E-state index in [9.17, 15) is 13.2 Å². The maximum Gasteiger partial charge on any atom is 0.434 e. The highest BCUT2D eigenvalue weighted by Crippen LogP contribution is 2.42. The molecular formula is C6H3Cl3F3N3. The number of rotatable bonds is 1. The van der Waals surface area contributed by atoms with Gasteiger partial charge in [0, 0.05) is 0 Å². The van der Waals surface area contributed by atoms with E-state index in [0.717, 1.165) is 0 Å². The lowest BCUT2D eigenvalue weighted by Crippen LogP contribution is -2.14. The van der Waals surface area contributed by atoms with Crippen molar-refractivity contribution in [2.24, 2.45) is 5.84 Å². The second-order valence-electron chi connectivity index (χ2n) is 2.40. The van der Waals surface area contributed by atoms with Gasteiger partial charge in [0.15, 0.2) is 10.8 Å². The van der Waals surface area contributed by atoms with E-state index in [1.165, 1.54) is 0 Å². The number of nitrogens with one attached hydrogen (secondary N) is 1. The number of hydrogen-bond donors (Lipinski definition) is 2. The first-order valence-corrected chi connectivity index (χ1v) is 4.50. The Kier molecular flexibility index (Phi) is 3.55. The molecule has 0 fully saturated rings. The van der Waals surface area contributed by atoms with E-state index < -0.39 is 22.0 Å². The molecule has 0 unspecified atom stereocenters. The summed E-state index contributed by atoms with van der Waals surface area (Å²) in [6.45, 7) is 0. The van der Waals surface area contributed by atoms with Gasteiger partial charge in [0.25, 0.3) is 0 Å². The third-order valence-corrected chi connectivity index (χ3v) is 2.56. The minimum atomic E-state index is -4.73. The van der Waals surface area contributed by atoms with Crippen LogP contribution < -0.4 is 11.3 Å². The maximum atomic E-state index is 12.4. The number of halogens is 6. The van der Waals surface area contributed by atoms with Crippen LogP contribution in [0.15, 0.2) is 0 Å². The second-order valence-corrected chi connectivity index (χ2v) is 3.51. The third-order valence-electron chi connectivity index (χ3n) is 1.45. The fourth-order valence-electron chi connectivity index (χ4n) is 0.829. The molecule has 0 aliphatic heterocycles. The number of alkyl halides is 3. The van der Waals surface area contributed by atoms with Crippen molar-refractivity contribution in [3.05, 3.63) is 20.9 Å². The summed E-state index contributed by atoms with van der Waals surface area (Å²) < 4.78 is 37.1. The average Bonchev–Trinajstić information content (AvgIpc) is 2.10. The smallest absolute Gasteiger partial charge is 0.321 e. The number of nitrogens with two attached hydrogens (primary N) is 1. The first-order valence-electron chi connectivity index (χ1n) is 3.37. The Morgan fingerprint density at radius 2 is 1.67 bits per heavy atom. The lowest BCUT2D eigenvalue weighted by molar-refractivity contribution is -0.141. The fourth-order valence-corrected chi connectivity index (χ4v) is 1.55. The Balaban J connectivity index is 3.51. The molecule has 1 aromatic rings. The summed E-state index contributed by atoms with van der Waals surface area (Å²) in [5.74, 6) is 4.96. The van der Waals surface area contributed by atoms with Crippen LogP contribution in [0.3, 0.4) is 0 Å². The molecule has 1 rings (SSSR count). The average molecular weight is 280 g/mol. The molecule has 0 saturated heterocycles. The summed E-state index contributed by atoms with van der Waals surface area (Å²) in [5, 5.41) is -1.52. The van der Waals surface area contributed by atoms with Gasteiger partial charge in [0.1, 0.15) is 5.02 Å². The summed E-state index contributed by atoms with van der Waals surface area (Å²) in [4.78, 5) is 3.03. The maximum absolute atomic E-state index is 12.4. The van der Waals surface area contributed by atoms with Crippen LogP contribution in [0.25, 0.3) is 0 Å². The van der Waals surface area contributed by atoms with Gasteiger partial charge in [-0.25, -0.2) is 4.98 Å². The van der Waals surface area contributed by atoms with Crippen molar-refractivity contribution in [2.45, 2.75) is 6.18 Å². The van der Waals surface area contributed by atoms with Crippen LogP contribution in [0.1, 0.15) is 5.69 Å². The Morgan fingerprint density at radius 3 is 2.07 bits per heavy atom. The molecule has 0 spiro atoms. The molecule has 84 valence electrons. The first kappa shape index (κ1) is 12.6. The van der Waals surface area contributed by atoms with E-state index in [2.05, 4.69) is 4.98 Å². The minimum absolute atomic E-state index is 0.267. The molecule has 0 aromatic carbocycles. The van der Waals surface area contributed by atoms with E-state index in [1.54, 1.807) is 0 Å². The number of hydrazine groups is 1. The van der Waals surface area contributed by atoms with Crippen molar-refractivity contribution in [3.8, 4) is 0 Å². The topological polar surface area (TPSA) is 50.9 Å². The number of aromatic nitrogens is 1. The highest BCUT2D eigenvalue weighted by Gasteiger charge is 2.37. The number of nitrogens with zero attached hydrogens (tertiary/aromatic N) is 1. The van der Waals surface area contributed by atoms with E-state index in [0.29, 0.717) is 0 Å². The molecule has 3 nitrogen and oxygen atoms in total. The molecule has 15 heavy (non-hydrogen) atoms. The summed E-state index contributed by atoms with van der Waals surface area (Å²) >= 11 is 16.3. The van der Waals surface area contributed by atoms with E-state index in [1.807, 2.05) is 5.43 Å². The summed E-state index contributed by atoms with van der Waals surface area (Å²) in [6, 6.07) is 0. The van der Waals surface area contributed by atoms with Gasteiger partial charge < -0.3 is 5.43 Å². The Morgan fingerprint density at radius 1 is 1.13 bits per heavy atom. The normalized spacial score (nSPS) is 11.7. The second kappa shape index (κ2) is 4.21. The van der Waals surface area contributed by atoms with Crippen LogP contribution in [0.5, 0.6) is 0 Å². The number of nitrogen functional groups attached to an aromatic ring is 1. The molecule has 1 aromatic heterocycles. The summed E-state index contributed by atoms with van der Waals surface area (Å²) in [5.41, 5.74) is 0.273. The zero-order valence-corrected chi connectivity index (χ0v) is 9.06. The lowest BCUT2D eigenvalue weighted by Gasteiger charge is -2.13. The molecule has 0 bridgehead atoms. The number of anilines is 1. The van der Waals surface area contributed by atoms with Gasteiger partial charge in [0.2, 0.25) is 0 Å². The first-order chi connectivity index (χ1) is 6.79. The van der Waals surface area contributed by atoms with Gasteiger partial charge in [0.05, 0.1) is 10.7 Å². The summed E-state index contributed by atoms with van der Waals surface area (Å²) in [6.07, 6.45) is -4.73. The molecule has 0 saturated carbocycles. The predicted octanol–water partition coefficient (Wildman–Crippen LogP) is 3.35. The van der Waals surface area contributed by atoms with Crippen LogP contribution >= 0.6 is 34.8 Å². The quantitative estimate of drug-likeness (QED) is 0.471. The van der Waals surface area contributed by atoms with Gasteiger partial charge in [-0.1, -0.05) is 34.8 Å². The molecule has 0 radical (unpaired) electrons. The largest absolute Gasteiger partial charge is 0.434 e. The molecule has 3 N–H and O–H groups in total. The van der Waals surface area contributed by atoms with Crippen LogP contribution in [-0.2, 0) is 6.18 Å². The zero-order valence-electron chi connectivity index (χ0n) is 6.79. The molecule has 1 heterocycles. The highest BCUT2D eigenvalue weighted by molar-refractivity contribution is 6.45. The van der Waals surface area contributed by atoms with Crippen molar-refractivity contribution in [3.63, 3.8) is 0 Å². The SMILES string of the molecule is NNc1c(Cl)c(Cl)nc(C(F)(F)F)c1Cl. The third kappa shape index (κ3) is 2.39. The Labute approximate surface area is 97.3 Å². The zero-order chi connectivity index (χ0) is 11.8. The van der Waals surface area contributed by atoms with Crippen molar-refractivity contribution >= 4 is 40.5 Å². The van der Waals surface area contributed by atoms with Crippen molar-refractivity contribution in [1.82, 2.24) is 4.98 Å². The highest BCUT2D eigenvalue weighted by atomic mass is 35.5. The molecule has 0 aliphatic carbocycles. The van der Waals surface area contributed by atoms with Gasteiger partial charge in [-0.15, -0.1) is 0 Å². The van der Waals surface area contributed by atoms with Gasteiger partial charge >= 0.3 is 6.18 Å². The molecule has 0 amide bonds. The van der Waals surface area contributed by atoms with E-state index >= 15 is 0 Å². The molecule has 0 atom stereocenters. The van der Waals surface area contributed by atoms with E-state index in [4.69, 9.17) is 40.6 Å². The van der Waals surface area contributed by atoms with Crippen molar-refractivity contribution in [1.29, 1.82) is 0 Å². The Bertz CT molecular complexity index is 393. The van der Waals surface area contributed by atoms with Crippen LogP contribution in [0, 0.1) is 0 Å². The van der Waals surface area contributed by atoms with Crippen LogP contribution in [0.4, 0.5) is 18.9 Å². The summed E-state index contributed by atoms with van der Waals surface area (Å²) in [7, 11) is 0. The Hall–Kier alpha value is -0.430. The van der Waals surface area contributed by atoms with Gasteiger partial charge in [-0.05, 0) is 0 Å². The minimum Gasteiger partial charge on any atom is -0.321 e. The van der Waals surface area contributed by atoms with Crippen LogP contribution in [-0.4, -0.2) is 4.98 Å². The number of hydrogen-bond acceptors (Lipinski definition) is 3. The monoisotopic (exact) mass is 279 g/mol. The molecule has 0 aliphatic rings. The molecule has 9 heteroatoms. The fraction of sp³-hybridized carbons (Fsp3) is 0.167. The molecular weight excluding hydrogens is 277 g/mol. The predicted molar refractivity (Wildman–Crippen MR) is 52.1 cm³/mol. The van der Waals surface area contributed by atoms with Crippen molar-refractivity contribution in [2.75, 3.05) is 5.43 Å². The number of pyridine rings is 1. The van der Waals surface area contributed by atoms with Crippen LogP contribution in [0.2, 0.25) is 15.2 Å².